The first-order chi connectivity index (χ1) is 34.0. The summed E-state index contributed by atoms with van der Waals surface area (Å²) in [5.41, 5.74) is 0. The number of amides is 1. The van der Waals surface area contributed by atoms with Gasteiger partial charge >= 0.3 is 5.97 Å². The maximum Gasteiger partial charge on any atom is 0.305 e. The second-order valence-electron chi connectivity index (χ2n) is 21.7. The molecular formula is C63H123NO5. The van der Waals surface area contributed by atoms with Gasteiger partial charge in [0.2, 0.25) is 5.91 Å². The molecule has 0 aliphatic rings. The van der Waals surface area contributed by atoms with E-state index in [1.807, 2.05) is 0 Å². The van der Waals surface area contributed by atoms with Crippen LogP contribution in [0, 0.1) is 0 Å². The molecule has 2 unspecified atom stereocenters. The number of aliphatic hydroxyl groups excluding tert-OH is 2. The molecule has 0 radical (unpaired) electrons. The summed E-state index contributed by atoms with van der Waals surface area (Å²) < 4.78 is 5.47. The summed E-state index contributed by atoms with van der Waals surface area (Å²) in [7, 11) is 0. The van der Waals surface area contributed by atoms with E-state index < -0.39 is 12.1 Å². The van der Waals surface area contributed by atoms with Crippen molar-refractivity contribution in [2.24, 2.45) is 0 Å². The third-order valence-electron chi connectivity index (χ3n) is 14.8. The standard InChI is InChI=1S/C63H123NO5/c1-3-5-7-9-11-13-15-17-29-32-35-39-43-47-51-55-61(66)60(59-65)64-62(67)56-52-48-44-40-36-33-30-27-25-23-21-19-18-20-22-24-26-28-31-34-38-42-46-50-54-58-69-63(68)57-53-49-45-41-37-16-14-12-10-8-6-4-2/h19,21,60-61,65-66H,3-18,20,22-59H2,1-2H3,(H,64,67)/b21-19-. The van der Waals surface area contributed by atoms with Crippen LogP contribution in [-0.4, -0.2) is 47.4 Å². The van der Waals surface area contributed by atoms with Crippen molar-refractivity contribution in [1.82, 2.24) is 5.32 Å². The van der Waals surface area contributed by atoms with Gasteiger partial charge in [-0.15, -0.1) is 0 Å². The summed E-state index contributed by atoms with van der Waals surface area (Å²) >= 11 is 0. The molecule has 2 atom stereocenters. The lowest BCUT2D eigenvalue weighted by molar-refractivity contribution is -0.143. The third-order valence-corrected chi connectivity index (χ3v) is 14.8. The first-order valence-electron chi connectivity index (χ1n) is 31.4. The van der Waals surface area contributed by atoms with Crippen LogP contribution in [0.4, 0.5) is 0 Å². The van der Waals surface area contributed by atoms with Crippen molar-refractivity contribution < 1.29 is 24.5 Å². The van der Waals surface area contributed by atoms with Crippen LogP contribution in [-0.2, 0) is 14.3 Å². The highest BCUT2D eigenvalue weighted by molar-refractivity contribution is 5.76. The van der Waals surface area contributed by atoms with Crippen molar-refractivity contribution in [2.75, 3.05) is 13.2 Å². The molecule has 0 aliphatic carbocycles. The maximum atomic E-state index is 12.5. The predicted octanol–water partition coefficient (Wildman–Crippen LogP) is 19.6. The lowest BCUT2D eigenvalue weighted by Gasteiger charge is -2.22. The van der Waals surface area contributed by atoms with E-state index in [1.165, 1.54) is 283 Å². The quantitative estimate of drug-likeness (QED) is 0.0321. The topological polar surface area (TPSA) is 95.9 Å². The van der Waals surface area contributed by atoms with Gasteiger partial charge in [-0.2, -0.15) is 0 Å². The van der Waals surface area contributed by atoms with Crippen molar-refractivity contribution in [3.63, 3.8) is 0 Å². The summed E-state index contributed by atoms with van der Waals surface area (Å²) in [6, 6.07) is -0.542. The summed E-state index contributed by atoms with van der Waals surface area (Å²) in [5, 5.41) is 23.3. The zero-order valence-corrected chi connectivity index (χ0v) is 46.8. The number of rotatable bonds is 59. The second-order valence-corrected chi connectivity index (χ2v) is 21.7. The van der Waals surface area contributed by atoms with Gasteiger partial charge in [0.05, 0.1) is 25.4 Å². The van der Waals surface area contributed by atoms with Crippen molar-refractivity contribution in [3.8, 4) is 0 Å². The van der Waals surface area contributed by atoms with Gasteiger partial charge in [0, 0.05) is 12.8 Å². The first-order valence-corrected chi connectivity index (χ1v) is 31.4. The molecule has 69 heavy (non-hydrogen) atoms. The first kappa shape index (κ1) is 67.6. The Labute approximate surface area is 431 Å². The van der Waals surface area contributed by atoms with Crippen LogP contribution in [0.3, 0.4) is 0 Å². The number of hydrogen-bond donors (Lipinski definition) is 3. The third kappa shape index (κ3) is 55.8. The fourth-order valence-corrected chi connectivity index (χ4v) is 9.99. The van der Waals surface area contributed by atoms with Crippen LogP contribution in [0.2, 0.25) is 0 Å². The van der Waals surface area contributed by atoms with Crippen molar-refractivity contribution in [1.29, 1.82) is 0 Å². The largest absolute Gasteiger partial charge is 0.466 e. The van der Waals surface area contributed by atoms with E-state index in [1.54, 1.807) is 0 Å². The van der Waals surface area contributed by atoms with E-state index in [0.717, 1.165) is 38.5 Å². The van der Waals surface area contributed by atoms with Crippen molar-refractivity contribution >= 4 is 11.9 Å². The average molecular weight is 975 g/mol. The number of unbranched alkanes of at least 4 members (excludes halogenated alkanes) is 46. The van der Waals surface area contributed by atoms with E-state index >= 15 is 0 Å². The lowest BCUT2D eigenvalue weighted by Crippen LogP contribution is -2.45. The highest BCUT2D eigenvalue weighted by Crippen LogP contribution is 2.18. The minimum absolute atomic E-state index is 0.0148. The molecule has 0 fully saturated rings. The van der Waals surface area contributed by atoms with Crippen LogP contribution in [0.1, 0.15) is 354 Å². The van der Waals surface area contributed by atoms with Gasteiger partial charge in [-0.3, -0.25) is 9.59 Å². The number of aliphatic hydroxyl groups is 2. The summed E-state index contributed by atoms with van der Waals surface area (Å²) in [6.45, 7) is 4.97. The number of esters is 1. The minimum Gasteiger partial charge on any atom is -0.466 e. The summed E-state index contributed by atoms with van der Waals surface area (Å²) in [4.78, 5) is 24.5. The van der Waals surface area contributed by atoms with Gasteiger partial charge in [-0.05, 0) is 51.4 Å². The summed E-state index contributed by atoms with van der Waals surface area (Å²) in [6.07, 6.45) is 70.8. The number of ether oxygens (including phenoxy) is 1. The van der Waals surface area contributed by atoms with Crippen LogP contribution in [0.15, 0.2) is 12.2 Å². The molecule has 0 bridgehead atoms. The molecule has 0 saturated carbocycles. The fourth-order valence-electron chi connectivity index (χ4n) is 9.99. The molecule has 0 heterocycles. The van der Waals surface area contributed by atoms with Gasteiger partial charge in [0.1, 0.15) is 0 Å². The molecular weight excluding hydrogens is 851 g/mol. The van der Waals surface area contributed by atoms with Gasteiger partial charge in [0.15, 0.2) is 0 Å². The van der Waals surface area contributed by atoms with E-state index in [2.05, 4.69) is 31.3 Å². The molecule has 410 valence electrons. The Morgan fingerprint density at radius 3 is 1.03 bits per heavy atom. The van der Waals surface area contributed by atoms with E-state index in [0.29, 0.717) is 25.9 Å². The molecule has 0 aromatic heterocycles. The van der Waals surface area contributed by atoms with E-state index in [4.69, 9.17) is 4.74 Å². The molecule has 6 nitrogen and oxygen atoms in total. The zero-order chi connectivity index (χ0) is 50.0. The van der Waals surface area contributed by atoms with Crippen LogP contribution in [0.25, 0.3) is 0 Å². The molecule has 1 amide bonds. The van der Waals surface area contributed by atoms with Crippen molar-refractivity contribution in [3.05, 3.63) is 12.2 Å². The number of carbonyl (C=O) groups is 2. The van der Waals surface area contributed by atoms with Gasteiger partial charge < -0.3 is 20.3 Å². The normalized spacial score (nSPS) is 12.6. The number of carbonyl (C=O) groups excluding carboxylic acids is 2. The molecule has 0 aromatic rings. The van der Waals surface area contributed by atoms with Crippen LogP contribution >= 0.6 is 0 Å². The Bertz CT molecular complexity index is 1030. The van der Waals surface area contributed by atoms with E-state index in [-0.39, 0.29) is 18.5 Å². The monoisotopic (exact) mass is 974 g/mol. The highest BCUT2D eigenvalue weighted by Gasteiger charge is 2.20. The predicted molar refractivity (Wildman–Crippen MR) is 301 cm³/mol. The molecule has 0 spiro atoms. The Hall–Kier alpha value is -1.40. The minimum atomic E-state index is -0.665. The smallest absolute Gasteiger partial charge is 0.305 e. The molecule has 0 aromatic carbocycles. The van der Waals surface area contributed by atoms with Crippen LogP contribution < -0.4 is 5.32 Å². The Kier molecular flexibility index (Phi) is 58.0. The number of hydrogen-bond acceptors (Lipinski definition) is 5. The molecule has 0 saturated heterocycles. The average Bonchev–Trinajstić information content (AvgIpc) is 3.35. The fraction of sp³-hybridized carbons (Fsp3) is 0.937. The Morgan fingerprint density at radius 2 is 0.681 bits per heavy atom. The molecule has 3 N–H and O–H groups in total. The Balaban J connectivity index is 3.39. The SMILES string of the molecule is CCCCCCCCCCCCCCCCCC(O)C(CO)NC(=O)CCCCCCCCCCC/C=C\CCCCCCCCCCCCCCOC(=O)CCCCCCCCCCCCCC. The van der Waals surface area contributed by atoms with Gasteiger partial charge in [-0.25, -0.2) is 0 Å². The lowest BCUT2D eigenvalue weighted by atomic mass is 10.0. The van der Waals surface area contributed by atoms with Gasteiger partial charge in [-0.1, -0.05) is 302 Å². The zero-order valence-electron chi connectivity index (χ0n) is 46.8. The number of allylic oxidation sites excluding steroid dienone is 2. The van der Waals surface area contributed by atoms with E-state index in [9.17, 15) is 19.8 Å². The van der Waals surface area contributed by atoms with Crippen LogP contribution in [0.5, 0.6) is 0 Å². The molecule has 0 aliphatic heterocycles. The molecule has 6 heteroatoms. The maximum absolute atomic E-state index is 12.5. The van der Waals surface area contributed by atoms with Gasteiger partial charge in [0.25, 0.3) is 0 Å². The molecule has 0 rings (SSSR count). The highest BCUT2D eigenvalue weighted by atomic mass is 16.5. The Morgan fingerprint density at radius 1 is 0.391 bits per heavy atom. The second kappa shape index (κ2) is 59.2. The van der Waals surface area contributed by atoms with Crippen molar-refractivity contribution in [2.45, 2.75) is 366 Å². The summed E-state index contributed by atoms with van der Waals surface area (Å²) in [5.74, 6) is -0.0208. The number of nitrogens with one attached hydrogen (secondary N) is 1.